The van der Waals surface area contributed by atoms with E-state index in [2.05, 4.69) is 15.2 Å². The zero-order valence-electron chi connectivity index (χ0n) is 7.66. The van der Waals surface area contributed by atoms with Crippen molar-refractivity contribution in [1.82, 2.24) is 10.5 Å². The standard InChI is InChI=1S/C8H12N2O3/c1-3-9-5-6-4-7(10-13-6)8(11)12-2/h4,9H,3,5H2,1-2H3. The van der Waals surface area contributed by atoms with Gasteiger partial charge in [0.2, 0.25) is 0 Å². The van der Waals surface area contributed by atoms with Crippen LogP contribution in [0.4, 0.5) is 0 Å². The minimum atomic E-state index is -0.480. The van der Waals surface area contributed by atoms with E-state index in [1.54, 1.807) is 6.07 Å². The lowest BCUT2D eigenvalue weighted by Crippen LogP contribution is -2.10. The summed E-state index contributed by atoms with van der Waals surface area (Å²) in [7, 11) is 1.31. The molecule has 0 unspecified atom stereocenters. The third kappa shape index (κ3) is 2.55. The molecule has 0 saturated carbocycles. The lowest BCUT2D eigenvalue weighted by molar-refractivity contribution is 0.0589. The van der Waals surface area contributed by atoms with E-state index in [1.807, 2.05) is 6.92 Å². The van der Waals surface area contributed by atoms with E-state index < -0.39 is 5.97 Å². The molecule has 0 radical (unpaired) electrons. The molecule has 1 rings (SSSR count). The zero-order valence-corrected chi connectivity index (χ0v) is 7.66. The highest BCUT2D eigenvalue weighted by Crippen LogP contribution is 2.03. The minimum Gasteiger partial charge on any atom is -0.464 e. The van der Waals surface area contributed by atoms with Crippen molar-refractivity contribution in [2.45, 2.75) is 13.5 Å². The summed E-state index contributed by atoms with van der Waals surface area (Å²) < 4.78 is 9.35. The first kappa shape index (κ1) is 9.73. The van der Waals surface area contributed by atoms with E-state index in [0.717, 1.165) is 6.54 Å². The van der Waals surface area contributed by atoms with Gasteiger partial charge in [-0.05, 0) is 6.54 Å². The second-order valence-corrected chi connectivity index (χ2v) is 2.45. The van der Waals surface area contributed by atoms with Crippen LogP contribution in [0.3, 0.4) is 0 Å². The maximum absolute atomic E-state index is 10.9. The molecule has 0 spiro atoms. The quantitative estimate of drug-likeness (QED) is 0.693. The Labute approximate surface area is 76.0 Å². The fourth-order valence-electron chi connectivity index (χ4n) is 0.845. The predicted molar refractivity (Wildman–Crippen MR) is 45.2 cm³/mol. The van der Waals surface area contributed by atoms with Crippen molar-refractivity contribution >= 4 is 5.97 Å². The highest BCUT2D eigenvalue weighted by Gasteiger charge is 2.11. The second kappa shape index (κ2) is 4.61. The van der Waals surface area contributed by atoms with Gasteiger partial charge < -0.3 is 14.6 Å². The average molecular weight is 184 g/mol. The molecule has 72 valence electrons. The Morgan fingerprint density at radius 2 is 2.54 bits per heavy atom. The number of carbonyl (C=O) groups excluding carboxylic acids is 1. The number of aromatic nitrogens is 1. The molecule has 0 aliphatic rings. The number of methoxy groups -OCH3 is 1. The topological polar surface area (TPSA) is 64.4 Å². The van der Waals surface area contributed by atoms with Crippen molar-refractivity contribution in [3.8, 4) is 0 Å². The molecule has 13 heavy (non-hydrogen) atoms. The predicted octanol–water partition coefficient (Wildman–Crippen LogP) is 0.571. The van der Waals surface area contributed by atoms with Gasteiger partial charge in [-0.3, -0.25) is 0 Å². The number of nitrogens with zero attached hydrogens (tertiary/aromatic N) is 1. The molecule has 1 heterocycles. The van der Waals surface area contributed by atoms with E-state index in [-0.39, 0.29) is 5.69 Å². The van der Waals surface area contributed by atoms with Crippen LogP contribution in [0.2, 0.25) is 0 Å². The van der Waals surface area contributed by atoms with Crippen molar-refractivity contribution < 1.29 is 14.1 Å². The molecule has 0 aliphatic heterocycles. The van der Waals surface area contributed by atoms with Crippen LogP contribution in [-0.2, 0) is 11.3 Å². The lowest BCUT2D eigenvalue weighted by atomic mass is 10.3. The summed E-state index contributed by atoms with van der Waals surface area (Å²) >= 11 is 0. The number of rotatable bonds is 4. The molecule has 0 amide bonds. The van der Waals surface area contributed by atoms with Crippen molar-refractivity contribution in [3.05, 3.63) is 17.5 Å². The Morgan fingerprint density at radius 3 is 3.15 bits per heavy atom. The summed E-state index contributed by atoms with van der Waals surface area (Å²) in [5.41, 5.74) is 0.204. The highest BCUT2D eigenvalue weighted by atomic mass is 16.5. The summed E-state index contributed by atoms with van der Waals surface area (Å²) in [6.07, 6.45) is 0. The Kier molecular flexibility index (Phi) is 3.45. The van der Waals surface area contributed by atoms with E-state index in [1.165, 1.54) is 7.11 Å². The van der Waals surface area contributed by atoms with Crippen LogP contribution in [0, 0.1) is 0 Å². The van der Waals surface area contributed by atoms with Gasteiger partial charge in [-0.2, -0.15) is 0 Å². The van der Waals surface area contributed by atoms with Crippen LogP contribution in [-0.4, -0.2) is 24.8 Å². The van der Waals surface area contributed by atoms with Crippen LogP contribution in [0.1, 0.15) is 23.2 Å². The Balaban J connectivity index is 2.58. The van der Waals surface area contributed by atoms with Crippen LogP contribution >= 0.6 is 0 Å². The molecule has 1 aromatic heterocycles. The van der Waals surface area contributed by atoms with E-state index in [4.69, 9.17) is 4.52 Å². The average Bonchev–Trinajstić information content (AvgIpc) is 2.62. The van der Waals surface area contributed by atoms with Gasteiger partial charge >= 0.3 is 5.97 Å². The van der Waals surface area contributed by atoms with Gasteiger partial charge in [-0.15, -0.1) is 0 Å². The number of hydrogen-bond donors (Lipinski definition) is 1. The van der Waals surface area contributed by atoms with Gasteiger partial charge in [-0.25, -0.2) is 4.79 Å². The molecular weight excluding hydrogens is 172 g/mol. The maximum atomic E-state index is 10.9. The monoisotopic (exact) mass is 184 g/mol. The minimum absolute atomic E-state index is 0.204. The summed E-state index contributed by atoms with van der Waals surface area (Å²) in [5.74, 6) is 0.147. The van der Waals surface area contributed by atoms with Crippen molar-refractivity contribution in [2.24, 2.45) is 0 Å². The SMILES string of the molecule is CCNCc1cc(C(=O)OC)no1. The third-order valence-electron chi connectivity index (χ3n) is 1.50. The molecule has 1 aromatic rings. The van der Waals surface area contributed by atoms with E-state index in [9.17, 15) is 4.79 Å². The number of ether oxygens (including phenoxy) is 1. The summed E-state index contributed by atoms with van der Waals surface area (Å²) in [4.78, 5) is 10.9. The largest absolute Gasteiger partial charge is 0.464 e. The fraction of sp³-hybridized carbons (Fsp3) is 0.500. The number of esters is 1. The van der Waals surface area contributed by atoms with Crippen LogP contribution in [0.15, 0.2) is 10.6 Å². The summed E-state index contributed by atoms with van der Waals surface area (Å²) in [5, 5.41) is 6.60. The van der Waals surface area contributed by atoms with E-state index in [0.29, 0.717) is 12.3 Å². The van der Waals surface area contributed by atoms with Gasteiger partial charge in [0.25, 0.3) is 0 Å². The first-order chi connectivity index (χ1) is 6.27. The highest BCUT2D eigenvalue weighted by molar-refractivity contribution is 5.86. The number of nitrogens with one attached hydrogen (secondary N) is 1. The molecule has 1 N–H and O–H groups in total. The number of hydrogen-bond acceptors (Lipinski definition) is 5. The van der Waals surface area contributed by atoms with Gasteiger partial charge in [0.15, 0.2) is 11.5 Å². The molecule has 5 heteroatoms. The third-order valence-corrected chi connectivity index (χ3v) is 1.50. The van der Waals surface area contributed by atoms with Gasteiger partial charge in [0, 0.05) is 6.07 Å². The van der Waals surface area contributed by atoms with Crippen LogP contribution < -0.4 is 5.32 Å². The van der Waals surface area contributed by atoms with Crippen molar-refractivity contribution in [3.63, 3.8) is 0 Å². The van der Waals surface area contributed by atoms with Gasteiger partial charge in [0.05, 0.1) is 13.7 Å². The van der Waals surface area contributed by atoms with Crippen LogP contribution in [0.25, 0.3) is 0 Å². The van der Waals surface area contributed by atoms with Gasteiger partial charge in [-0.1, -0.05) is 12.1 Å². The molecule has 0 bridgehead atoms. The first-order valence-corrected chi connectivity index (χ1v) is 4.02. The van der Waals surface area contributed by atoms with Gasteiger partial charge in [0.1, 0.15) is 0 Å². The van der Waals surface area contributed by atoms with Crippen LogP contribution in [0.5, 0.6) is 0 Å². The fourth-order valence-corrected chi connectivity index (χ4v) is 0.845. The lowest BCUT2D eigenvalue weighted by Gasteiger charge is -1.93. The zero-order chi connectivity index (χ0) is 9.68. The smallest absolute Gasteiger partial charge is 0.360 e. The summed E-state index contributed by atoms with van der Waals surface area (Å²) in [6, 6.07) is 1.56. The number of carbonyl (C=O) groups is 1. The molecular formula is C8H12N2O3. The van der Waals surface area contributed by atoms with Crippen molar-refractivity contribution in [1.29, 1.82) is 0 Å². The molecule has 0 aliphatic carbocycles. The second-order valence-electron chi connectivity index (χ2n) is 2.45. The molecule has 0 atom stereocenters. The van der Waals surface area contributed by atoms with Crippen molar-refractivity contribution in [2.75, 3.05) is 13.7 Å². The molecule has 0 aromatic carbocycles. The summed E-state index contributed by atoms with van der Waals surface area (Å²) in [6.45, 7) is 3.40. The first-order valence-electron chi connectivity index (χ1n) is 4.02. The normalized spacial score (nSPS) is 10.0. The Hall–Kier alpha value is -1.36. The maximum Gasteiger partial charge on any atom is 0.360 e. The molecule has 0 saturated heterocycles. The Morgan fingerprint density at radius 1 is 1.77 bits per heavy atom. The molecule has 5 nitrogen and oxygen atoms in total. The Bertz CT molecular complexity index is 283. The van der Waals surface area contributed by atoms with E-state index >= 15 is 0 Å². The molecule has 0 fully saturated rings.